The van der Waals surface area contributed by atoms with Gasteiger partial charge in [-0.25, -0.2) is 0 Å². The standard InChI is InChI=1S/C11H14ClNO2/c1-7-8(3-4-13-2)5-9-11(10(7)12)15-6-14-9/h5,13H,3-4,6H2,1-2H3. The second-order valence-electron chi connectivity index (χ2n) is 3.56. The number of hydrogen-bond donors (Lipinski definition) is 1. The maximum absolute atomic E-state index is 6.20. The lowest BCUT2D eigenvalue weighted by atomic mass is 10.0. The van der Waals surface area contributed by atoms with Crippen LogP contribution >= 0.6 is 11.6 Å². The van der Waals surface area contributed by atoms with Gasteiger partial charge >= 0.3 is 0 Å². The van der Waals surface area contributed by atoms with Crippen molar-refractivity contribution < 1.29 is 9.47 Å². The third-order valence-corrected chi connectivity index (χ3v) is 3.06. The Morgan fingerprint density at radius 3 is 3.00 bits per heavy atom. The molecular weight excluding hydrogens is 214 g/mol. The molecule has 15 heavy (non-hydrogen) atoms. The SMILES string of the molecule is CNCCc1cc2c(c(Cl)c1C)OCO2. The maximum Gasteiger partial charge on any atom is 0.231 e. The van der Waals surface area contributed by atoms with Crippen molar-refractivity contribution in [1.82, 2.24) is 5.32 Å². The first-order valence-electron chi connectivity index (χ1n) is 4.96. The molecule has 3 nitrogen and oxygen atoms in total. The van der Waals surface area contributed by atoms with E-state index >= 15 is 0 Å². The molecule has 0 aromatic heterocycles. The quantitative estimate of drug-likeness (QED) is 0.858. The van der Waals surface area contributed by atoms with Crippen LogP contribution in [0.3, 0.4) is 0 Å². The summed E-state index contributed by atoms with van der Waals surface area (Å²) in [5.74, 6) is 1.44. The summed E-state index contributed by atoms with van der Waals surface area (Å²) in [7, 11) is 1.93. The molecule has 0 saturated heterocycles. The van der Waals surface area contributed by atoms with Gasteiger partial charge in [-0.2, -0.15) is 0 Å². The number of benzene rings is 1. The van der Waals surface area contributed by atoms with Crippen molar-refractivity contribution >= 4 is 11.6 Å². The molecule has 0 unspecified atom stereocenters. The lowest BCUT2D eigenvalue weighted by Gasteiger charge is -2.09. The van der Waals surface area contributed by atoms with Crippen LogP contribution in [0.2, 0.25) is 5.02 Å². The highest BCUT2D eigenvalue weighted by molar-refractivity contribution is 6.33. The fourth-order valence-corrected chi connectivity index (χ4v) is 1.93. The molecule has 0 fully saturated rings. The molecular formula is C11H14ClNO2. The maximum atomic E-state index is 6.20. The minimum absolute atomic E-state index is 0.268. The van der Waals surface area contributed by atoms with E-state index < -0.39 is 0 Å². The van der Waals surface area contributed by atoms with Gasteiger partial charge in [0.15, 0.2) is 11.5 Å². The van der Waals surface area contributed by atoms with Gasteiger partial charge in [-0.05, 0) is 44.1 Å². The van der Waals surface area contributed by atoms with Crippen molar-refractivity contribution in [2.24, 2.45) is 0 Å². The summed E-state index contributed by atoms with van der Waals surface area (Å²) in [5.41, 5.74) is 2.29. The molecule has 1 aromatic carbocycles. The Bertz CT molecular complexity index is 379. The summed E-state index contributed by atoms with van der Waals surface area (Å²) in [6.45, 7) is 3.20. The molecule has 0 spiro atoms. The van der Waals surface area contributed by atoms with Crippen molar-refractivity contribution in [1.29, 1.82) is 0 Å². The van der Waals surface area contributed by atoms with E-state index in [4.69, 9.17) is 21.1 Å². The molecule has 1 heterocycles. The fourth-order valence-electron chi connectivity index (χ4n) is 1.66. The first kappa shape index (κ1) is 10.6. The molecule has 4 heteroatoms. The molecule has 2 rings (SSSR count). The van der Waals surface area contributed by atoms with Crippen LogP contribution in [0.4, 0.5) is 0 Å². The van der Waals surface area contributed by atoms with E-state index in [1.165, 1.54) is 5.56 Å². The third kappa shape index (κ3) is 1.90. The van der Waals surface area contributed by atoms with Gasteiger partial charge in [-0.1, -0.05) is 11.6 Å². The van der Waals surface area contributed by atoms with E-state index in [1.807, 2.05) is 20.0 Å². The van der Waals surface area contributed by atoms with Crippen LogP contribution in [0.1, 0.15) is 11.1 Å². The highest BCUT2D eigenvalue weighted by atomic mass is 35.5. The van der Waals surface area contributed by atoms with E-state index in [0.717, 1.165) is 24.3 Å². The van der Waals surface area contributed by atoms with Crippen LogP contribution in [0.25, 0.3) is 0 Å². The highest BCUT2D eigenvalue weighted by Gasteiger charge is 2.20. The van der Waals surface area contributed by atoms with Crippen LogP contribution in [0, 0.1) is 6.92 Å². The number of ether oxygens (including phenoxy) is 2. The average molecular weight is 228 g/mol. The minimum Gasteiger partial charge on any atom is -0.454 e. The van der Waals surface area contributed by atoms with Crippen molar-refractivity contribution in [3.05, 3.63) is 22.2 Å². The molecule has 0 aliphatic carbocycles. The first-order chi connectivity index (χ1) is 7.24. The van der Waals surface area contributed by atoms with Gasteiger partial charge in [0.2, 0.25) is 6.79 Å². The summed E-state index contributed by atoms with van der Waals surface area (Å²) < 4.78 is 10.6. The number of nitrogens with one attached hydrogen (secondary N) is 1. The van der Waals surface area contributed by atoms with Gasteiger partial charge in [0.1, 0.15) is 0 Å². The van der Waals surface area contributed by atoms with Crippen LogP contribution in [-0.4, -0.2) is 20.4 Å². The zero-order chi connectivity index (χ0) is 10.8. The Balaban J connectivity index is 2.36. The summed E-state index contributed by atoms with van der Waals surface area (Å²) in [5, 5.41) is 3.79. The number of halogens is 1. The Morgan fingerprint density at radius 1 is 1.47 bits per heavy atom. The second kappa shape index (κ2) is 4.29. The Morgan fingerprint density at radius 2 is 2.27 bits per heavy atom. The number of rotatable bonds is 3. The zero-order valence-electron chi connectivity index (χ0n) is 8.89. The number of likely N-dealkylation sites (N-methyl/N-ethyl adjacent to an activating group) is 1. The number of hydrogen-bond acceptors (Lipinski definition) is 3. The molecule has 0 radical (unpaired) electrons. The van der Waals surface area contributed by atoms with Gasteiger partial charge in [0.05, 0.1) is 5.02 Å². The van der Waals surface area contributed by atoms with Crippen LogP contribution in [0.15, 0.2) is 6.07 Å². The van der Waals surface area contributed by atoms with Gasteiger partial charge in [0, 0.05) is 0 Å². The topological polar surface area (TPSA) is 30.5 Å². The highest BCUT2D eigenvalue weighted by Crippen LogP contribution is 2.42. The molecule has 1 aromatic rings. The van der Waals surface area contributed by atoms with Crippen LogP contribution < -0.4 is 14.8 Å². The Kier molecular flexibility index (Phi) is 3.03. The molecule has 1 N–H and O–H groups in total. The molecule has 0 bridgehead atoms. The monoisotopic (exact) mass is 227 g/mol. The summed E-state index contributed by atoms with van der Waals surface area (Å²) >= 11 is 6.20. The predicted octanol–water partition coefficient (Wildman–Crippen LogP) is 2.14. The van der Waals surface area contributed by atoms with E-state index in [-0.39, 0.29) is 6.79 Å². The normalized spacial score (nSPS) is 13.3. The van der Waals surface area contributed by atoms with Crippen molar-refractivity contribution in [2.45, 2.75) is 13.3 Å². The molecule has 82 valence electrons. The van der Waals surface area contributed by atoms with Crippen molar-refractivity contribution in [3.8, 4) is 11.5 Å². The largest absolute Gasteiger partial charge is 0.454 e. The van der Waals surface area contributed by atoms with E-state index in [1.54, 1.807) is 0 Å². The van der Waals surface area contributed by atoms with Crippen molar-refractivity contribution in [3.63, 3.8) is 0 Å². The third-order valence-electron chi connectivity index (χ3n) is 2.60. The first-order valence-corrected chi connectivity index (χ1v) is 5.34. The number of fused-ring (bicyclic) bond motifs is 1. The van der Waals surface area contributed by atoms with Gasteiger partial charge in [-0.15, -0.1) is 0 Å². The summed E-state index contributed by atoms with van der Waals surface area (Å²) in [4.78, 5) is 0. The van der Waals surface area contributed by atoms with Crippen molar-refractivity contribution in [2.75, 3.05) is 20.4 Å². The minimum atomic E-state index is 0.268. The van der Waals surface area contributed by atoms with Crippen LogP contribution in [-0.2, 0) is 6.42 Å². The Hall–Kier alpha value is -0.930. The average Bonchev–Trinajstić information content (AvgIpc) is 2.69. The lowest BCUT2D eigenvalue weighted by Crippen LogP contribution is -2.11. The fraction of sp³-hybridized carbons (Fsp3) is 0.455. The molecule has 1 aliphatic heterocycles. The van der Waals surface area contributed by atoms with E-state index in [9.17, 15) is 0 Å². The molecule has 0 amide bonds. The Labute approximate surface area is 94.3 Å². The summed E-state index contributed by atoms with van der Waals surface area (Å²) in [6.07, 6.45) is 0.943. The summed E-state index contributed by atoms with van der Waals surface area (Å²) in [6, 6.07) is 2.01. The predicted molar refractivity (Wildman–Crippen MR) is 59.9 cm³/mol. The van der Waals surface area contributed by atoms with E-state index in [2.05, 4.69) is 5.32 Å². The molecule has 0 saturated carbocycles. The second-order valence-corrected chi connectivity index (χ2v) is 3.94. The molecule has 0 atom stereocenters. The molecule has 1 aliphatic rings. The van der Waals surface area contributed by atoms with Gasteiger partial charge in [-0.3, -0.25) is 0 Å². The van der Waals surface area contributed by atoms with Gasteiger partial charge < -0.3 is 14.8 Å². The van der Waals surface area contributed by atoms with E-state index in [0.29, 0.717) is 10.8 Å². The lowest BCUT2D eigenvalue weighted by molar-refractivity contribution is 0.174. The smallest absolute Gasteiger partial charge is 0.231 e. The van der Waals surface area contributed by atoms with Crippen LogP contribution in [0.5, 0.6) is 11.5 Å². The van der Waals surface area contributed by atoms with Gasteiger partial charge in [0.25, 0.3) is 0 Å². The zero-order valence-corrected chi connectivity index (χ0v) is 9.65.